The van der Waals surface area contributed by atoms with Gasteiger partial charge in [-0.1, -0.05) is 18.5 Å². The average Bonchev–Trinajstić information content (AvgIpc) is 2.90. The van der Waals surface area contributed by atoms with Crippen molar-refractivity contribution >= 4 is 21.6 Å². The molecular formula is C11H13ClN4O2S. The monoisotopic (exact) mass is 300 g/mol. The Kier molecular flexibility index (Phi) is 4.18. The smallest absolute Gasteiger partial charge is 0.242 e. The summed E-state index contributed by atoms with van der Waals surface area (Å²) in [6.07, 6.45) is 5.03. The molecule has 2 rings (SSSR count). The molecule has 2 N–H and O–H groups in total. The summed E-state index contributed by atoms with van der Waals surface area (Å²) in [7, 11) is -3.65. The summed E-state index contributed by atoms with van der Waals surface area (Å²) in [6.45, 7) is 1.87. The van der Waals surface area contributed by atoms with Crippen molar-refractivity contribution in [2.75, 3.05) is 0 Å². The molecule has 0 bridgehead atoms. The Hall–Kier alpha value is -1.44. The topological polar surface area (TPSA) is 87.7 Å². The van der Waals surface area contributed by atoms with Gasteiger partial charge in [-0.25, -0.2) is 23.1 Å². The number of sulfonamides is 1. The van der Waals surface area contributed by atoms with Crippen LogP contribution in [0.15, 0.2) is 35.6 Å². The summed E-state index contributed by atoms with van der Waals surface area (Å²) in [5.41, 5.74) is 0. The number of hydrogen-bond donors (Lipinski definition) is 2. The Morgan fingerprint density at radius 3 is 2.74 bits per heavy atom. The standard InChI is InChI=1S/C11H13ClN4O2S/c1-2-9(11-13-5-6-14-11)16-19(17,18)8-3-4-10(12)15-7-8/h3-7,9,16H,2H2,1H3,(H,13,14). The van der Waals surface area contributed by atoms with Gasteiger partial charge in [0.15, 0.2) is 0 Å². The van der Waals surface area contributed by atoms with Crippen LogP contribution < -0.4 is 4.72 Å². The van der Waals surface area contributed by atoms with Gasteiger partial charge >= 0.3 is 0 Å². The van der Waals surface area contributed by atoms with Gasteiger partial charge in [0.2, 0.25) is 10.0 Å². The molecule has 0 aliphatic rings. The fourth-order valence-electron chi connectivity index (χ4n) is 1.58. The average molecular weight is 301 g/mol. The van der Waals surface area contributed by atoms with Gasteiger partial charge in [-0.05, 0) is 18.6 Å². The summed E-state index contributed by atoms with van der Waals surface area (Å²) in [5, 5.41) is 0.247. The van der Waals surface area contributed by atoms with E-state index in [1.54, 1.807) is 12.4 Å². The SMILES string of the molecule is CCC(NS(=O)(=O)c1ccc(Cl)nc1)c1ncc[nH]1. The van der Waals surface area contributed by atoms with E-state index in [2.05, 4.69) is 19.7 Å². The van der Waals surface area contributed by atoms with Gasteiger partial charge in [0.25, 0.3) is 0 Å². The molecule has 2 heterocycles. The predicted octanol–water partition coefficient (Wildman–Crippen LogP) is 1.89. The number of H-pyrrole nitrogens is 1. The van der Waals surface area contributed by atoms with E-state index in [4.69, 9.17) is 11.6 Å². The maximum absolute atomic E-state index is 12.2. The van der Waals surface area contributed by atoms with E-state index in [0.717, 1.165) is 0 Å². The third kappa shape index (κ3) is 3.31. The van der Waals surface area contributed by atoms with E-state index >= 15 is 0 Å². The van der Waals surface area contributed by atoms with Crippen molar-refractivity contribution in [3.63, 3.8) is 0 Å². The minimum absolute atomic E-state index is 0.0712. The van der Waals surface area contributed by atoms with Crippen LogP contribution in [0.25, 0.3) is 0 Å². The highest BCUT2D eigenvalue weighted by molar-refractivity contribution is 7.89. The van der Waals surface area contributed by atoms with Crippen molar-refractivity contribution in [1.29, 1.82) is 0 Å². The van der Waals surface area contributed by atoms with E-state index in [9.17, 15) is 8.42 Å². The molecule has 0 fully saturated rings. The zero-order valence-electron chi connectivity index (χ0n) is 10.2. The quantitative estimate of drug-likeness (QED) is 0.825. The van der Waals surface area contributed by atoms with E-state index in [-0.39, 0.29) is 10.0 Å². The van der Waals surface area contributed by atoms with Crippen molar-refractivity contribution in [2.24, 2.45) is 0 Å². The molecule has 0 aliphatic carbocycles. The van der Waals surface area contributed by atoms with Crippen LogP contribution in [-0.2, 0) is 10.0 Å². The summed E-state index contributed by atoms with van der Waals surface area (Å²) in [4.78, 5) is 10.8. The van der Waals surface area contributed by atoms with Crippen LogP contribution in [0, 0.1) is 0 Å². The van der Waals surface area contributed by atoms with Crippen molar-refractivity contribution in [2.45, 2.75) is 24.3 Å². The van der Waals surface area contributed by atoms with Gasteiger partial charge in [-0.15, -0.1) is 0 Å². The van der Waals surface area contributed by atoms with Crippen LogP contribution in [0.1, 0.15) is 25.2 Å². The molecule has 1 unspecified atom stereocenters. The Bertz CT molecular complexity index is 625. The number of aromatic amines is 1. The fraction of sp³-hybridized carbons (Fsp3) is 0.273. The molecule has 0 spiro atoms. The van der Waals surface area contributed by atoms with Crippen molar-refractivity contribution in [1.82, 2.24) is 19.7 Å². The van der Waals surface area contributed by atoms with Gasteiger partial charge in [0.05, 0.1) is 6.04 Å². The van der Waals surface area contributed by atoms with Crippen molar-refractivity contribution in [3.05, 3.63) is 41.7 Å². The molecule has 8 heteroatoms. The number of pyridine rings is 1. The second-order valence-corrected chi connectivity index (χ2v) is 5.97. The minimum Gasteiger partial charge on any atom is -0.347 e. The highest BCUT2D eigenvalue weighted by Crippen LogP contribution is 2.17. The third-order valence-corrected chi connectivity index (χ3v) is 4.25. The lowest BCUT2D eigenvalue weighted by Crippen LogP contribution is -2.29. The van der Waals surface area contributed by atoms with Crippen molar-refractivity contribution in [3.8, 4) is 0 Å². The van der Waals surface area contributed by atoms with Crippen LogP contribution in [0.3, 0.4) is 0 Å². The molecule has 2 aromatic heterocycles. The first-order valence-corrected chi connectivity index (χ1v) is 7.52. The van der Waals surface area contributed by atoms with Gasteiger partial charge < -0.3 is 4.98 Å². The first-order valence-electron chi connectivity index (χ1n) is 5.66. The molecule has 19 heavy (non-hydrogen) atoms. The van der Waals surface area contributed by atoms with Crippen molar-refractivity contribution < 1.29 is 8.42 Å². The number of hydrogen-bond acceptors (Lipinski definition) is 4. The molecular weight excluding hydrogens is 288 g/mol. The normalized spacial score (nSPS) is 13.4. The van der Waals surface area contributed by atoms with E-state index < -0.39 is 16.1 Å². The zero-order chi connectivity index (χ0) is 13.9. The van der Waals surface area contributed by atoms with Crippen LogP contribution in [0.5, 0.6) is 0 Å². The van der Waals surface area contributed by atoms with E-state index in [1.165, 1.54) is 18.3 Å². The third-order valence-electron chi connectivity index (χ3n) is 2.57. The minimum atomic E-state index is -3.65. The Labute approximate surface area is 116 Å². The molecule has 0 saturated heterocycles. The number of aromatic nitrogens is 3. The summed E-state index contributed by atoms with van der Waals surface area (Å²) >= 11 is 5.63. The number of imidazole rings is 1. The second kappa shape index (κ2) is 5.68. The molecule has 102 valence electrons. The molecule has 0 amide bonds. The van der Waals surface area contributed by atoms with Crippen LogP contribution in [0.2, 0.25) is 5.15 Å². The zero-order valence-corrected chi connectivity index (χ0v) is 11.7. The van der Waals surface area contributed by atoms with Crippen LogP contribution in [-0.4, -0.2) is 23.4 Å². The predicted molar refractivity (Wildman–Crippen MR) is 71.2 cm³/mol. The fourth-order valence-corrected chi connectivity index (χ4v) is 2.92. The summed E-state index contributed by atoms with van der Waals surface area (Å²) in [5.74, 6) is 0.577. The largest absolute Gasteiger partial charge is 0.347 e. The number of nitrogens with zero attached hydrogens (tertiary/aromatic N) is 2. The van der Waals surface area contributed by atoms with Crippen LogP contribution in [0.4, 0.5) is 0 Å². The molecule has 2 aromatic rings. The first-order chi connectivity index (χ1) is 9.03. The molecule has 1 atom stereocenters. The second-order valence-electron chi connectivity index (χ2n) is 3.87. The van der Waals surface area contributed by atoms with Gasteiger partial charge in [0, 0.05) is 18.6 Å². The lowest BCUT2D eigenvalue weighted by Gasteiger charge is -2.14. The lowest BCUT2D eigenvalue weighted by atomic mass is 10.2. The van der Waals surface area contributed by atoms with Gasteiger partial charge in [-0.3, -0.25) is 0 Å². The molecule has 0 aliphatic heterocycles. The van der Waals surface area contributed by atoms with E-state index in [1.807, 2.05) is 6.92 Å². The molecule has 0 saturated carbocycles. The first kappa shape index (κ1) is 14.0. The maximum Gasteiger partial charge on any atom is 0.242 e. The summed E-state index contributed by atoms with van der Waals surface area (Å²) in [6, 6.07) is 2.44. The number of halogens is 1. The van der Waals surface area contributed by atoms with E-state index in [0.29, 0.717) is 12.2 Å². The van der Waals surface area contributed by atoms with Gasteiger partial charge in [-0.2, -0.15) is 0 Å². The molecule has 0 aromatic carbocycles. The number of rotatable bonds is 5. The summed E-state index contributed by atoms with van der Waals surface area (Å²) < 4.78 is 26.9. The van der Waals surface area contributed by atoms with Crippen LogP contribution >= 0.6 is 11.6 Å². The Morgan fingerprint density at radius 1 is 1.42 bits per heavy atom. The maximum atomic E-state index is 12.2. The van der Waals surface area contributed by atoms with Gasteiger partial charge in [0.1, 0.15) is 15.9 Å². The highest BCUT2D eigenvalue weighted by atomic mass is 35.5. The molecule has 0 radical (unpaired) electrons. The number of nitrogens with one attached hydrogen (secondary N) is 2. The lowest BCUT2D eigenvalue weighted by molar-refractivity contribution is 0.539. The highest BCUT2D eigenvalue weighted by Gasteiger charge is 2.21. The molecule has 6 nitrogen and oxygen atoms in total. The Balaban J connectivity index is 2.23. The Morgan fingerprint density at radius 2 is 2.21 bits per heavy atom.